The van der Waals surface area contributed by atoms with Gasteiger partial charge in [-0.25, -0.2) is 15.1 Å². The van der Waals surface area contributed by atoms with E-state index in [1.165, 1.54) is 11.3 Å². The summed E-state index contributed by atoms with van der Waals surface area (Å²) >= 11 is 7.10. The van der Waals surface area contributed by atoms with E-state index in [-0.39, 0.29) is 0 Å². The summed E-state index contributed by atoms with van der Waals surface area (Å²) < 4.78 is 0.455. The van der Waals surface area contributed by atoms with Crippen LogP contribution >= 0.6 is 22.9 Å². The van der Waals surface area contributed by atoms with Crippen LogP contribution in [-0.4, -0.2) is 46.2 Å². The molecule has 2 heterocycles. The summed E-state index contributed by atoms with van der Waals surface area (Å²) in [5, 5.41) is 16.4. The molecular formula is C8H11ClN6O2S. The number of aromatic nitrogens is 1. The monoisotopic (exact) mass is 290 g/mol. The zero-order valence-electron chi connectivity index (χ0n) is 9.54. The number of hydrazone groups is 1. The van der Waals surface area contributed by atoms with Gasteiger partial charge in [-0.05, 0) is 0 Å². The Morgan fingerprint density at radius 1 is 1.72 bits per heavy atom. The predicted molar refractivity (Wildman–Crippen MR) is 67.7 cm³/mol. The van der Waals surface area contributed by atoms with E-state index >= 15 is 0 Å². The van der Waals surface area contributed by atoms with Crippen LogP contribution in [0.25, 0.3) is 0 Å². The van der Waals surface area contributed by atoms with Gasteiger partial charge in [0.05, 0.1) is 19.9 Å². The average Bonchev–Trinajstić information content (AvgIpc) is 2.69. The number of rotatable bonds is 3. The lowest BCUT2D eigenvalue weighted by Crippen LogP contribution is -2.55. The SMILES string of the molecule is CN1CNCN(Cc2cnc(Cl)s2)/C1=N\[N+](=O)[O-]. The minimum Gasteiger partial charge on any atom is -0.328 e. The Bertz CT molecular complexity index is 478. The van der Waals surface area contributed by atoms with Gasteiger partial charge in [0, 0.05) is 18.1 Å². The number of thiazole rings is 1. The van der Waals surface area contributed by atoms with E-state index in [0.717, 1.165) is 4.88 Å². The molecule has 1 aromatic rings. The van der Waals surface area contributed by atoms with Crippen molar-refractivity contribution in [3.8, 4) is 0 Å². The molecular weight excluding hydrogens is 280 g/mol. The third-order valence-electron chi connectivity index (χ3n) is 2.32. The molecule has 0 saturated carbocycles. The van der Waals surface area contributed by atoms with Crippen molar-refractivity contribution in [2.45, 2.75) is 6.54 Å². The van der Waals surface area contributed by atoms with Gasteiger partial charge in [0.1, 0.15) is 5.10 Å². The summed E-state index contributed by atoms with van der Waals surface area (Å²) in [6, 6.07) is 0. The number of halogens is 1. The molecule has 0 aromatic carbocycles. The third kappa shape index (κ3) is 3.06. The van der Waals surface area contributed by atoms with Crippen molar-refractivity contribution in [3.05, 3.63) is 25.7 Å². The number of nitro groups is 1. The highest BCUT2D eigenvalue weighted by molar-refractivity contribution is 7.15. The van der Waals surface area contributed by atoms with Crippen LogP contribution < -0.4 is 5.32 Å². The first kappa shape index (κ1) is 13.0. The fourth-order valence-corrected chi connectivity index (χ4v) is 2.61. The lowest BCUT2D eigenvalue weighted by atomic mass is 10.4. The molecule has 0 amide bonds. The Hall–Kier alpha value is -1.45. The molecule has 1 saturated heterocycles. The van der Waals surface area contributed by atoms with Gasteiger partial charge < -0.3 is 9.80 Å². The summed E-state index contributed by atoms with van der Waals surface area (Å²) in [6.45, 7) is 1.49. The third-order valence-corrected chi connectivity index (χ3v) is 3.42. The van der Waals surface area contributed by atoms with Crippen LogP contribution in [0.1, 0.15) is 4.88 Å². The van der Waals surface area contributed by atoms with Gasteiger partial charge in [0.25, 0.3) is 5.96 Å². The first-order valence-electron chi connectivity index (χ1n) is 5.06. The molecule has 0 spiro atoms. The van der Waals surface area contributed by atoms with E-state index in [1.54, 1.807) is 23.0 Å². The van der Waals surface area contributed by atoms with Crippen LogP contribution in [0.3, 0.4) is 0 Å². The second-order valence-electron chi connectivity index (χ2n) is 3.68. The van der Waals surface area contributed by atoms with Gasteiger partial charge in [0.15, 0.2) is 9.50 Å². The number of nitrogens with one attached hydrogen (secondary N) is 1. The highest BCUT2D eigenvalue weighted by atomic mass is 35.5. The molecule has 1 fully saturated rings. The highest BCUT2D eigenvalue weighted by Crippen LogP contribution is 2.20. The summed E-state index contributed by atoms with van der Waals surface area (Å²) in [5.74, 6) is 0.322. The molecule has 1 aliphatic rings. The average molecular weight is 291 g/mol. The van der Waals surface area contributed by atoms with Gasteiger partial charge >= 0.3 is 0 Å². The molecule has 98 valence electrons. The van der Waals surface area contributed by atoms with E-state index < -0.39 is 5.03 Å². The Labute approximate surface area is 112 Å². The van der Waals surface area contributed by atoms with E-state index in [2.05, 4.69) is 15.4 Å². The fourth-order valence-electron chi connectivity index (χ4n) is 1.62. The minimum absolute atomic E-state index is 0.322. The van der Waals surface area contributed by atoms with E-state index in [0.29, 0.717) is 30.3 Å². The van der Waals surface area contributed by atoms with E-state index in [1.807, 2.05) is 0 Å². The van der Waals surface area contributed by atoms with Crippen molar-refractivity contribution in [2.75, 3.05) is 20.4 Å². The highest BCUT2D eigenvalue weighted by Gasteiger charge is 2.24. The molecule has 8 nitrogen and oxygen atoms in total. The molecule has 2 rings (SSSR count). The summed E-state index contributed by atoms with van der Waals surface area (Å²) in [4.78, 5) is 18.8. The zero-order chi connectivity index (χ0) is 13.1. The summed E-state index contributed by atoms with van der Waals surface area (Å²) in [6.07, 6.45) is 1.66. The smallest absolute Gasteiger partial charge is 0.276 e. The van der Waals surface area contributed by atoms with Crippen LogP contribution in [-0.2, 0) is 6.54 Å². The van der Waals surface area contributed by atoms with Crippen LogP contribution in [0, 0.1) is 10.1 Å². The maximum Gasteiger partial charge on any atom is 0.276 e. The molecule has 18 heavy (non-hydrogen) atoms. The van der Waals surface area contributed by atoms with Crippen molar-refractivity contribution < 1.29 is 5.03 Å². The topological polar surface area (TPSA) is 86.9 Å². The van der Waals surface area contributed by atoms with Crippen LogP contribution in [0.5, 0.6) is 0 Å². The molecule has 0 atom stereocenters. The largest absolute Gasteiger partial charge is 0.328 e. The normalized spacial score (nSPS) is 18.4. The fraction of sp³-hybridized carbons (Fsp3) is 0.500. The van der Waals surface area contributed by atoms with E-state index in [4.69, 9.17) is 11.6 Å². The maximum absolute atomic E-state index is 10.5. The van der Waals surface area contributed by atoms with Gasteiger partial charge in [-0.15, -0.1) is 11.3 Å². The molecule has 0 aliphatic carbocycles. The number of guanidine groups is 1. The molecule has 10 heteroatoms. The Morgan fingerprint density at radius 2 is 2.50 bits per heavy atom. The van der Waals surface area contributed by atoms with Gasteiger partial charge in [-0.2, -0.15) is 0 Å². The zero-order valence-corrected chi connectivity index (χ0v) is 11.1. The summed E-state index contributed by atoms with van der Waals surface area (Å²) in [7, 11) is 1.74. The Kier molecular flexibility index (Phi) is 3.94. The summed E-state index contributed by atoms with van der Waals surface area (Å²) in [5.41, 5.74) is 0. The molecule has 1 aromatic heterocycles. The van der Waals surface area contributed by atoms with Crippen LogP contribution in [0.4, 0.5) is 0 Å². The Morgan fingerprint density at radius 3 is 3.11 bits per heavy atom. The van der Waals surface area contributed by atoms with Gasteiger partial charge in [-0.1, -0.05) is 11.6 Å². The second kappa shape index (κ2) is 5.46. The molecule has 0 unspecified atom stereocenters. The van der Waals surface area contributed by atoms with Gasteiger partial charge in [0.2, 0.25) is 0 Å². The number of nitrogens with zero attached hydrogens (tertiary/aromatic N) is 5. The lowest BCUT2D eigenvalue weighted by Gasteiger charge is -2.35. The first-order chi connectivity index (χ1) is 8.56. The minimum atomic E-state index is -0.691. The Balaban J connectivity index is 2.15. The van der Waals surface area contributed by atoms with Crippen molar-refractivity contribution in [1.29, 1.82) is 0 Å². The molecule has 1 N–H and O–H groups in total. The van der Waals surface area contributed by atoms with Crippen molar-refractivity contribution in [3.63, 3.8) is 0 Å². The van der Waals surface area contributed by atoms with Crippen molar-refractivity contribution >= 4 is 28.9 Å². The number of hydrogen-bond donors (Lipinski definition) is 1. The molecule has 0 bridgehead atoms. The number of hydrogen-bond acceptors (Lipinski definition) is 5. The van der Waals surface area contributed by atoms with Crippen LogP contribution in [0.15, 0.2) is 11.3 Å². The molecule has 0 radical (unpaired) electrons. The predicted octanol–water partition coefficient (Wildman–Crippen LogP) is 0.596. The van der Waals surface area contributed by atoms with Crippen molar-refractivity contribution in [1.82, 2.24) is 20.1 Å². The lowest BCUT2D eigenvalue weighted by molar-refractivity contribution is -0.486. The first-order valence-corrected chi connectivity index (χ1v) is 6.25. The van der Waals surface area contributed by atoms with Crippen LogP contribution in [0.2, 0.25) is 4.47 Å². The standard InChI is InChI=1S/C8H11ClN6O2S/c1-13-4-10-5-14(8(13)12-15(16)17)3-6-2-11-7(9)18-6/h2,10H,3-5H2,1H3/b12-8-. The second-order valence-corrected chi connectivity index (χ2v) is 5.38. The van der Waals surface area contributed by atoms with Gasteiger partial charge in [-0.3, -0.25) is 5.32 Å². The maximum atomic E-state index is 10.5. The van der Waals surface area contributed by atoms with Crippen molar-refractivity contribution in [2.24, 2.45) is 5.10 Å². The quantitative estimate of drug-likeness (QED) is 0.648. The van der Waals surface area contributed by atoms with E-state index in [9.17, 15) is 10.1 Å². The molecule has 1 aliphatic heterocycles.